The third-order valence-electron chi connectivity index (χ3n) is 3.24. The molecule has 3 heterocycles. The van der Waals surface area contributed by atoms with E-state index in [9.17, 15) is 9.59 Å². The second-order valence-electron chi connectivity index (χ2n) is 4.13. The normalized spacial score (nSPS) is 19.5. The Hall–Kier alpha value is -1.84. The molecule has 3 aliphatic heterocycles. The summed E-state index contributed by atoms with van der Waals surface area (Å²) in [6, 6.07) is 7.07. The summed E-state index contributed by atoms with van der Waals surface area (Å²) in [5.74, 6) is -0.0217. The molecule has 4 heteroatoms. The molecular weight excluding hydrogens is 204 g/mol. The van der Waals surface area contributed by atoms with Crippen LogP contribution in [0.15, 0.2) is 24.3 Å². The first-order valence-electron chi connectivity index (χ1n) is 5.45. The first kappa shape index (κ1) is 9.39. The summed E-state index contributed by atoms with van der Waals surface area (Å²) in [5, 5.41) is 0. The van der Waals surface area contributed by atoms with Crippen LogP contribution >= 0.6 is 0 Å². The van der Waals surface area contributed by atoms with Crippen LogP contribution < -0.4 is 0 Å². The smallest absolute Gasteiger partial charge is 0.254 e. The van der Waals surface area contributed by atoms with Crippen molar-refractivity contribution in [3.05, 3.63) is 35.4 Å². The Bertz CT molecular complexity index is 419. The van der Waals surface area contributed by atoms with Crippen molar-refractivity contribution in [2.75, 3.05) is 26.2 Å². The van der Waals surface area contributed by atoms with E-state index < -0.39 is 0 Å². The highest BCUT2D eigenvalue weighted by molar-refractivity contribution is 6.08. The lowest BCUT2D eigenvalue weighted by atomic mass is 10.0. The third-order valence-corrected chi connectivity index (χ3v) is 3.24. The molecular formula is C12H12N2O2. The van der Waals surface area contributed by atoms with E-state index in [2.05, 4.69) is 0 Å². The Morgan fingerprint density at radius 2 is 1.12 bits per heavy atom. The Labute approximate surface area is 93.5 Å². The minimum atomic E-state index is -0.0108. The van der Waals surface area contributed by atoms with E-state index in [0.29, 0.717) is 37.3 Å². The van der Waals surface area contributed by atoms with Crippen molar-refractivity contribution in [1.82, 2.24) is 9.80 Å². The third kappa shape index (κ3) is 1.23. The zero-order valence-corrected chi connectivity index (χ0v) is 8.85. The van der Waals surface area contributed by atoms with Crippen LogP contribution in [-0.2, 0) is 0 Å². The van der Waals surface area contributed by atoms with Crippen LogP contribution in [0, 0.1) is 0 Å². The van der Waals surface area contributed by atoms with E-state index in [4.69, 9.17) is 0 Å². The van der Waals surface area contributed by atoms with Gasteiger partial charge in [0.05, 0.1) is 11.1 Å². The van der Waals surface area contributed by atoms with Gasteiger partial charge in [0, 0.05) is 26.2 Å². The predicted octanol–water partition coefficient (Wildman–Crippen LogP) is 0.598. The van der Waals surface area contributed by atoms with Gasteiger partial charge in [0.2, 0.25) is 0 Å². The molecule has 1 aromatic rings. The maximum absolute atomic E-state index is 12.1. The van der Waals surface area contributed by atoms with E-state index in [1.807, 2.05) is 9.80 Å². The molecule has 2 bridgehead atoms. The van der Waals surface area contributed by atoms with Gasteiger partial charge in [0.1, 0.15) is 0 Å². The second-order valence-corrected chi connectivity index (χ2v) is 4.13. The molecule has 1 fully saturated rings. The molecule has 0 unspecified atom stereocenters. The minimum absolute atomic E-state index is 0.0108. The van der Waals surface area contributed by atoms with Gasteiger partial charge in [-0.3, -0.25) is 9.59 Å². The van der Waals surface area contributed by atoms with Gasteiger partial charge < -0.3 is 9.80 Å². The summed E-state index contributed by atoms with van der Waals surface area (Å²) in [7, 11) is 0. The highest BCUT2D eigenvalue weighted by Crippen LogP contribution is 2.20. The average molecular weight is 216 g/mol. The zero-order chi connectivity index (χ0) is 11.1. The topological polar surface area (TPSA) is 40.6 Å². The quantitative estimate of drug-likeness (QED) is 0.637. The zero-order valence-electron chi connectivity index (χ0n) is 8.85. The lowest BCUT2D eigenvalue weighted by Crippen LogP contribution is -2.53. The first-order chi connectivity index (χ1) is 7.77. The fourth-order valence-electron chi connectivity index (χ4n) is 2.31. The number of hydrogen-bond donors (Lipinski definition) is 0. The summed E-state index contributed by atoms with van der Waals surface area (Å²) >= 11 is 0. The van der Waals surface area contributed by atoms with Crippen LogP contribution in [0.1, 0.15) is 20.7 Å². The number of benzene rings is 1. The molecule has 4 nitrogen and oxygen atoms in total. The van der Waals surface area contributed by atoms with Gasteiger partial charge in [-0.25, -0.2) is 0 Å². The van der Waals surface area contributed by atoms with Crippen LogP contribution in [-0.4, -0.2) is 47.8 Å². The Balaban J connectivity index is 2.18. The van der Waals surface area contributed by atoms with Gasteiger partial charge in [-0.15, -0.1) is 0 Å². The van der Waals surface area contributed by atoms with Crippen LogP contribution in [0.4, 0.5) is 0 Å². The lowest BCUT2D eigenvalue weighted by molar-refractivity contribution is 0.0500. The number of nitrogens with zero attached hydrogens (tertiary/aromatic N) is 2. The standard InChI is InChI=1S/C12H12N2O2/c15-11-9-3-1-2-4-10(9)12(16)14-7-5-13(11)6-8-14/h1-4H,5-8H2. The van der Waals surface area contributed by atoms with Crippen molar-refractivity contribution < 1.29 is 9.59 Å². The summed E-state index contributed by atoms with van der Waals surface area (Å²) in [6.07, 6.45) is 0. The molecule has 1 saturated heterocycles. The number of carbonyl (C=O) groups is 2. The summed E-state index contributed by atoms with van der Waals surface area (Å²) in [4.78, 5) is 27.9. The Morgan fingerprint density at radius 3 is 1.50 bits per heavy atom. The van der Waals surface area contributed by atoms with Crippen LogP contribution in [0.5, 0.6) is 0 Å². The fourth-order valence-corrected chi connectivity index (χ4v) is 2.31. The van der Waals surface area contributed by atoms with Crippen LogP contribution in [0.2, 0.25) is 0 Å². The average Bonchev–Trinajstić information content (AvgIpc) is 2.36. The summed E-state index contributed by atoms with van der Waals surface area (Å²) < 4.78 is 0. The molecule has 0 N–H and O–H groups in total. The molecule has 1 aromatic carbocycles. The van der Waals surface area contributed by atoms with Gasteiger partial charge in [-0.1, -0.05) is 12.1 Å². The van der Waals surface area contributed by atoms with Crippen LogP contribution in [0.3, 0.4) is 0 Å². The maximum atomic E-state index is 12.1. The van der Waals surface area contributed by atoms with E-state index in [-0.39, 0.29) is 11.8 Å². The van der Waals surface area contributed by atoms with E-state index in [1.165, 1.54) is 0 Å². The van der Waals surface area contributed by atoms with Gasteiger partial charge in [-0.2, -0.15) is 0 Å². The van der Waals surface area contributed by atoms with Crippen molar-refractivity contribution in [3.63, 3.8) is 0 Å². The monoisotopic (exact) mass is 216 g/mol. The van der Waals surface area contributed by atoms with Crippen molar-refractivity contribution in [3.8, 4) is 0 Å². The molecule has 0 atom stereocenters. The van der Waals surface area contributed by atoms with E-state index in [0.717, 1.165) is 0 Å². The molecule has 2 amide bonds. The van der Waals surface area contributed by atoms with Crippen molar-refractivity contribution in [2.45, 2.75) is 0 Å². The SMILES string of the molecule is O=C1c2ccccc2C(=O)N2CCN1CC2. The molecule has 0 radical (unpaired) electrons. The Kier molecular flexibility index (Phi) is 1.96. The first-order valence-corrected chi connectivity index (χ1v) is 5.45. The molecule has 16 heavy (non-hydrogen) atoms. The summed E-state index contributed by atoms with van der Waals surface area (Å²) in [5.41, 5.74) is 1.08. The molecule has 0 saturated carbocycles. The predicted molar refractivity (Wildman–Crippen MR) is 58.2 cm³/mol. The maximum Gasteiger partial charge on any atom is 0.254 e. The minimum Gasteiger partial charge on any atom is -0.335 e. The molecule has 82 valence electrons. The van der Waals surface area contributed by atoms with E-state index in [1.54, 1.807) is 24.3 Å². The van der Waals surface area contributed by atoms with Gasteiger partial charge in [0.15, 0.2) is 0 Å². The molecule has 4 rings (SSSR count). The number of hydrogen-bond acceptors (Lipinski definition) is 2. The Morgan fingerprint density at radius 1 is 0.750 bits per heavy atom. The molecule has 0 aromatic heterocycles. The highest BCUT2D eigenvalue weighted by atomic mass is 16.2. The van der Waals surface area contributed by atoms with Gasteiger partial charge >= 0.3 is 0 Å². The fraction of sp³-hybridized carbons (Fsp3) is 0.333. The largest absolute Gasteiger partial charge is 0.335 e. The molecule has 0 aliphatic carbocycles. The second kappa shape index (κ2) is 3.33. The summed E-state index contributed by atoms with van der Waals surface area (Å²) in [6.45, 7) is 2.61. The molecule has 3 aliphatic rings. The number of carbonyl (C=O) groups excluding carboxylic acids is 2. The lowest BCUT2D eigenvalue weighted by Gasteiger charge is -2.37. The van der Waals surface area contributed by atoms with Crippen molar-refractivity contribution in [1.29, 1.82) is 0 Å². The van der Waals surface area contributed by atoms with Crippen molar-refractivity contribution in [2.24, 2.45) is 0 Å². The van der Waals surface area contributed by atoms with Gasteiger partial charge in [0.25, 0.3) is 11.8 Å². The van der Waals surface area contributed by atoms with E-state index >= 15 is 0 Å². The number of rotatable bonds is 0. The molecule has 0 spiro atoms. The number of amides is 2. The number of piperazine rings is 1. The van der Waals surface area contributed by atoms with Crippen molar-refractivity contribution >= 4 is 11.8 Å². The van der Waals surface area contributed by atoms with Gasteiger partial charge in [-0.05, 0) is 12.1 Å². The van der Waals surface area contributed by atoms with Crippen LogP contribution in [0.25, 0.3) is 0 Å². The highest BCUT2D eigenvalue weighted by Gasteiger charge is 2.32. The number of fused-ring (bicyclic) bond motifs is 2.